The highest BCUT2D eigenvalue weighted by atomic mass is 16.6. The molecule has 256 valence electrons. The topological polar surface area (TPSA) is 174 Å². The van der Waals surface area contributed by atoms with Gasteiger partial charge in [0.1, 0.15) is 6.04 Å². The Labute approximate surface area is 268 Å². The third-order valence-corrected chi connectivity index (χ3v) is 8.56. The van der Waals surface area contributed by atoms with E-state index in [1.54, 1.807) is 47.1 Å². The number of nitro groups is 1. The standard InChI is InChI=1S/C33H56N4O8/c1-21(13-10-17-28(40)20-26-15-11-16-27(19-26)37(44)45)30(29(41)18-24(4)39)35(7)33(43)31(22(2)12-9-14-23(3)38)36(8)32(42)25(5)34-6/h11,15-16,19,21-25,28,30-31,34,38-40H,9-10,12-14,17-18,20H2,1-8H3/t21-,22-,23?,24?,25-,28?,30-,31-/m0/s1. The molecule has 0 aliphatic heterocycles. The summed E-state index contributed by atoms with van der Waals surface area (Å²) in [6.45, 7) is 8.69. The molecular weight excluding hydrogens is 580 g/mol. The number of aliphatic hydroxyl groups is 3. The number of benzene rings is 1. The van der Waals surface area contributed by atoms with E-state index in [9.17, 15) is 39.8 Å². The first-order chi connectivity index (χ1) is 21.0. The zero-order valence-corrected chi connectivity index (χ0v) is 28.3. The number of nitrogens with one attached hydrogen (secondary N) is 1. The summed E-state index contributed by atoms with van der Waals surface area (Å²) in [7, 11) is 4.82. The second-order valence-electron chi connectivity index (χ2n) is 12.8. The molecule has 45 heavy (non-hydrogen) atoms. The summed E-state index contributed by atoms with van der Waals surface area (Å²) in [5, 5.41) is 44.4. The van der Waals surface area contributed by atoms with Crippen LogP contribution < -0.4 is 5.32 Å². The number of amides is 2. The van der Waals surface area contributed by atoms with Crippen LogP contribution in [0.1, 0.15) is 85.1 Å². The maximum absolute atomic E-state index is 14.2. The highest BCUT2D eigenvalue weighted by Gasteiger charge is 2.40. The van der Waals surface area contributed by atoms with Gasteiger partial charge in [0.2, 0.25) is 11.8 Å². The molecular formula is C33H56N4O8. The van der Waals surface area contributed by atoms with Gasteiger partial charge in [-0.1, -0.05) is 38.8 Å². The van der Waals surface area contributed by atoms with Gasteiger partial charge in [0.05, 0.1) is 35.3 Å². The molecule has 8 atom stereocenters. The van der Waals surface area contributed by atoms with E-state index >= 15 is 0 Å². The van der Waals surface area contributed by atoms with Crippen LogP contribution in [0.4, 0.5) is 5.69 Å². The van der Waals surface area contributed by atoms with Gasteiger partial charge in [0.25, 0.3) is 5.69 Å². The van der Waals surface area contributed by atoms with Crippen molar-refractivity contribution in [1.29, 1.82) is 0 Å². The molecule has 0 aliphatic rings. The number of hydrogen-bond acceptors (Lipinski definition) is 9. The molecule has 0 heterocycles. The minimum Gasteiger partial charge on any atom is -0.393 e. The molecule has 0 fully saturated rings. The van der Waals surface area contributed by atoms with Crippen LogP contribution in [0.25, 0.3) is 0 Å². The molecule has 0 aliphatic carbocycles. The molecule has 0 spiro atoms. The number of nitrogens with zero attached hydrogens (tertiary/aromatic N) is 3. The van der Waals surface area contributed by atoms with Crippen LogP contribution in [0.15, 0.2) is 24.3 Å². The van der Waals surface area contributed by atoms with Crippen LogP contribution in [0.2, 0.25) is 0 Å². The Kier molecular flexibility index (Phi) is 17.4. The fourth-order valence-corrected chi connectivity index (χ4v) is 5.93. The smallest absolute Gasteiger partial charge is 0.269 e. The van der Waals surface area contributed by atoms with Crippen LogP contribution >= 0.6 is 0 Å². The highest BCUT2D eigenvalue weighted by molar-refractivity contribution is 5.93. The lowest BCUT2D eigenvalue weighted by Crippen LogP contribution is -2.58. The molecule has 1 aromatic rings. The molecule has 0 bridgehead atoms. The van der Waals surface area contributed by atoms with Crippen molar-refractivity contribution in [3.8, 4) is 0 Å². The summed E-state index contributed by atoms with van der Waals surface area (Å²) in [6, 6.07) is 3.91. The number of ketones is 1. The number of likely N-dealkylation sites (N-methyl/N-ethyl adjacent to an activating group) is 3. The molecule has 0 radical (unpaired) electrons. The van der Waals surface area contributed by atoms with Gasteiger partial charge >= 0.3 is 0 Å². The van der Waals surface area contributed by atoms with Crippen LogP contribution in [-0.2, 0) is 20.8 Å². The maximum Gasteiger partial charge on any atom is 0.269 e. The minimum absolute atomic E-state index is 0.0381. The number of hydrogen-bond donors (Lipinski definition) is 4. The van der Waals surface area contributed by atoms with E-state index in [1.807, 2.05) is 13.8 Å². The lowest BCUT2D eigenvalue weighted by atomic mass is 9.87. The molecule has 0 aromatic heterocycles. The van der Waals surface area contributed by atoms with Crippen LogP contribution in [0, 0.1) is 22.0 Å². The molecule has 0 saturated carbocycles. The van der Waals surface area contributed by atoms with Gasteiger partial charge in [0, 0.05) is 32.6 Å². The zero-order valence-electron chi connectivity index (χ0n) is 28.3. The van der Waals surface area contributed by atoms with Gasteiger partial charge in [-0.15, -0.1) is 0 Å². The molecule has 2 amide bonds. The molecule has 1 rings (SSSR count). The second-order valence-corrected chi connectivity index (χ2v) is 12.8. The van der Waals surface area contributed by atoms with Crippen molar-refractivity contribution in [2.75, 3.05) is 21.1 Å². The van der Waals surface area contributed by atoms with Gasteiger partial charge in [-0.2, -0.15) is 0 Å². The van der Waals surface area contributed by atoms with E-state index in [4.69, 9.17) is 0 Å². The largest absolute Gasteiger partial charge is 0.393 e. The predicted molar refractivity (Wildman–Crippen MR) is 173 cm³/mol. The van der Waals surface area contributed by atoms with Crippen molar-refractivity contribution in [2.24, 2.45) is 11.8 Å². The summed E-state index contributed by atoms with van der Waals surface area (Å²) in [4.78, 5) is 54.3. The van der Waals surface area contributed by atoms with Crippen LogP contribution in [0.3, 0.4) is 0 Å². The first-order valence-corrected chi connectivity index (χ1v) is 16.0. The quantitative estimate of drug-likeness (QED) is 0.117. The Morgan fingerprint density at radius 3 is 1.93 bits per heavy atom. The van der Waals surface area contributed by atoms with Gasteiger partial charge in [-0.25, -0.2) is 0 Å². The zero-order chi connectivity index (χ0) is 34.4. The summed E-state index contributed by atoms with van der Waals surface area (Å²) >= 11 is 0. The number of carbonyl (C=O) groups is 3. The summed E-state index contributed by atoms with van der Waals surface area (Å²) in [6.07, 6.45) is 1.23. The van der Waals surface area contributed by atoms with Crippen molar-refractivity contribution in [3.63, 3.8) is 0 Å². The lowest BCUT2D eigenvalue weighted by Gasteiger charge is -2.39. The minimum atomic E-state index is -0.900. The normalized spacial score (nSPS) is 16.9. The first-order valence-electron chi connectivity index (χ1n) is 16.0. The number of Topliss-reactive ketones (excluding diaryl/α,β-unsaturated/α-hetero) is 1. The second kappa shape index (κ2) is 19.6. The lowest BCUT2D eigenvalue weighted by molar-refractivity contribution is -0.384. The van der Waals surface area contributed by atoms with Gasteiger partial charge in [-0.3, -0.25) is 24.5 Å². The van der Waals surface area contributed by atoms with Crippen molar-refractivity contribution in [2.45, 2.75) is 122 Å². The molecule has 1 aromatic carbocycles. The average Bonchev–Trinajstić information content (AvgIpc) is 2.95. The van der Waals surface area contributed by atoms with Gasteiger partial charge in [0.15, 0.2) is 5.78 Å². The van der Waals surface area contributed by atoms with E-state index in [1.165, 1.54) is 28.9 Å². The monoisotopic (exact) mass is 636 g/mol. The third kappa shape index (κ3) is 13.1. The molecule has 12 nitrogen and oxygen atoms in total. The summed E-state index contributed by atoms with van der Waals surface area (Å²) in [5.41, 5.74) is 0.615. The van der Waals surface area contributed by atoms with Crippen LogP contribution in [-0.4, -0.2) is 105 Å². The van der Waals surface area contributed by atoms with Crippen LogP contribution in [0.5, 0.6) is 0 Å². The third-order valence-electron chi connectivity index (χ3n) is 8.56. The number of non-ortho nitro benzene ring substituents is 1. The maximum atomic E-state index is 14.2. The summed E-state index contributed by atoms with van der Waals surface area (Å²) in [5.74, 6) is -1.50. The number of rotatable bonds is 21. The van der Waals surface area contributed by atoms with E-state index in [0.29, 0.717) is 44.1 Å². The molecule has 12 heteroatoms. The van der Waals surface area contributed by atoms with Crippen molar-refractivity contribution in [1.82, 2.24) is 15.1 Å². The fourth-order valence-electron chi connectivity index (χ4n) is 5.93. The Bertz CT molecular complexity index is 1100. The van der Waals surface area contributed by atoms with Gasteiger partial charge < -0.3 is 30.4 Å². The van der Waals surface area contributed by atoms with E-state index in [2.05, 4.69) is 5.32 Å². The van der Waals surface area contributed by atoms with E-state index < -0.39 is 41.4 Å². The first kappa shape index (κ1) is 40.1. The van der Waals surface area contributed by atoms with Crippen molar-refractivity contribution >= 4 is 23.3 Å². The van der Waals surface area contributed by atoms with Crippen molar-refractivity contribution in [3.05, 3.63) is 39.9 Å². The predicted octanol–water partition coefficient (Wildman–Crippen LogP) is 3.09. The Hall–Kier alpha value is -2.93. The SMILES string of the molecule is CN[C@@H](C)C(=O)N(C)[C@H](C(=O)N(C)[C@H](C(=O)CC(C)O)[C@@H](C)CCCC(O)Cc1cccc([N+](=O)[O-])c1)[C@@H](C)CCCC(C)O. The van der Waals surface area contributed by atoms with E-state index in [0.717, 1.165) is 0 Å². The Balaban J connectivity index is 3.15. The van der Waals surface area contributed by atoms with Gasteiger partial charge in [-0.05, 0) is 77.3 Å². The number of aliphatic hydroxyl groups excluding tert-OH is 3. The number of carbonyl (C=O) groups excluding carboxylic acids is 3. The molecule has 3 unspecified atom stereocenters. The van der Waals surface area contributed by atoms with Crippen molar-refractivity contribution < 1.29 is 34.6 Å². The average molecular weight is 637 g/mol. The Morgan fingerprint density at radius 2 is 1.40 bits per heavy atom. The molecule has 4 N–H and O–H groups in total. The number of nitro benzene ring substituents is 1. The molecule has 0 saturated heterocycles. The fraction of sp³-hybridized carbons (Fsp3) is 0.727. The Morgan fingerprint density at radius 1 is 0.844 bits per heavy atom. The van der Waals surface area contributed by atoms with E-state index in [-0.39, 0.29) is 48.0 Å². The summed E-state index contributed by atoms with van der Waals surface area (Å²) < 4.78 is 0. The highest BCUT2D eigenvalue weighted by Crippen LogP contribution is 2.26.